The molecule has 1 aliphatic heterocycles. The first-order valence-corrected chi connectivity index (χ1v) is 9.07. The van der Waals surface area contributed by atoms with Gasteiger partial charge in [-0.1, -0.05) is 17.8 Å². The molecule has 2 atom stereocenters. The highest BCUT2D eigenvalue weighted by Gasteiger charge is 2.25. The minimum absolute atomic E-state index is 0.0642. The molecule has 1 saturated heterocycles. The molecule has 9 heteroatoms. The number of nitro benzene ring substituents is 1. The maximum absolute atomic E-state index is 10.8. The third kappa shape index (κ3) is 3.63. The third-order valence-corrected chi connectivity index (χ3v) is 5.35. The summed E-state index contributed by atoms with van der Waals surface area (Å²) in [5.41, 5.74) is 4.04. The predicted molar refractivity (Wildman–Crippen MR) is 100 cm³/mol. The fraction of sp³-hybridized carbons (Fsp3) is 0.467. The van der Waals surface area contributed by atoms with Crippen LogP contribution in [0.25, 0.3) is 10.2 Å². The quantitative estimate of drug-likeness (QED) is 0.488. The third-order valence-electron chi connectivity index (χ3n) is 4.23. The summed E-state index contributed by atoms with van der Waals surface area (Å²) in [4.78, 5) is 14.9. The average molecular weight is 365 g/mol. The van der Waals surface area contributed by atoms with Gasteiger partial charge in [-0.2, -0.15) is 0 Å². The van der Waals surface area contributed by atoms with Crippen molar-refractivity contribution in [2.45, 2.75) is 45.2 Å². The van der Waals surface area contributed by atoms with Gasteiger partial charge in [0.25, 0.3) is 5.69 Å². The highest BCUT2D eigenvalue weighted by Crippen LogP contribution is 2.29. The van der Waals surface area contributed by atoms with Crippen molar-refractivity contribution >= 4 is 49.7 Å². The number of hydrogen-bond donors (Lipinski definition) is 2. The van der Waals surface area contributed by atoms with Crippen LogP contribution in [0.2, 0.25) is 0 Å². The van der Waals surface area contributed by atoms with Crippen LogP contribution in [0.3, 0.4) is 0 Å². The highest BCUT2D eigenvalue weighted by molar-refractivity contribution is 7.80. The molecule has 1 aliphatic rings. The molecular weight excluding hydrogens is 346 g/mol. The van der Waals surface area contributed by atoms with Crippen molar-refractivity contribution in [3.63, 3.8) is 0 Å². The highest BCUT2D eigenvalue weighted by atomic mass is 32.1. The van der Waals surface area contributed by atoms with Gasteiger partial charge in [0.05, 0.1) is 15.1 Å². The second-order valence-corrected chi connectivity index (χ2v) is 7.47. The molecule has 7 nitrogen and oxygen atoms in total. The second kappa shape index (κ2) is 6.96. The zero-order valence-corrected chi connectivity index (χ0v) is 15.1. The van der Waals surface area contributed by atoms with Crippen LogP contribution in [0.15, 0.2) is 18.2 Å². The van der Waals surface area contributed by atoms with Crippen LogP contribution in [0.5, 0.6) is 0 Å². The summed E-state index contributed by atoms with van der Waals surface area (Å²) in [6, 6.07) is 5.49. The van der Waals surface area contributed by atoms with Crippen molar-refractivity contribution in [3.8, 4) is 0 Å². The fourth-order valence-electron chi connectivity index (χ4n) is 2.96. The average Bonchev–Trinajstić information content (AvgIpc) is 2.92. The Bertz CT molecular complexity index is 768. The molecule has 128 valence electrons. The molecule has 0 aliphatic carbocycles. The first-order chi connectivity index (χ1) is 11.4. The molecule has 0 saturated carbocycles. The normalized spacial score (nSPS) is 21.6. The molecule has 0 radical (unpaired) electrons. The maximum Gasteiger partial charge on any atom is 0.270 e. The van der Waals surface area contributed by atoms with Gasteiger partial charge in [-0.05, 0) is 45.0 Å². The van der Waals surface area contributed by atoms with Gasteiger partial charge in [0.1, 0.15) is 0 Å². The molecular formula is C15H19N5O2S2. The standard InChI is InChI=1S/C15H19N5O2S2/c1-9-4-3-5-10(2)19(9)18-14(23)17-15-16-12-7-6-11(20(21)22)8-13(12)24-15/h6-10H,3-5H2,1-2H3,(H2,16,17,18,23). The van der Waals surface area contributed by atoms with E-state index in [4.69, 9.17) is 12.2 Å². The van der Waals surface area contributed by atoms with Crippen LogP contribution >= 0.6 is 23.6 Å². The van der Waals surface area contributed by atoms with E-state index in [2.05, 4.69) is 34.6 Å². The van der Waals surface area contributed by atoms with E-state index in [1.165, 1.54) is 29.9 Å². The summed E-state index contributed by atoms with van der Waals surface area (Å²) in [7, 11) is 0. The number of piperidine rings is 1. The maximum atomic E-state index is 10.8. The number of nitrogens with zero attached hydrogens (tertiary/aromatic N) is 3. The Balaban J connectivity index is 1.70. The predicted octanol–water partition coefficient (Wildman–Crippen LogP) is 3.67. The molecule has 0 amide bonds. The monoisotopic (exact) mass is 365 g/mol. The van der Waals surface area contributed by atoms with E-state index in [1.54, 1.807) is 6.07 Å². The Hall–Kier alpha value is -1.84. The van der Waals surface area contributed by atoms with Gasteiger partial charge in [0.15, 0.2) is 10.2 Å². The minimum Gasteiger partial charge on any atom is -0.308 e. The summed E-state index contributed by atoms with van der Waals surface area (Å²) >= 11 is 6.74. The van der Waals surface area contributed by atoms with Crippen molar-refractivity contribution in [2.75, 3.05) is 5.32 Å². The second-order valence-electron chi connectivity index (χ2n) is 6.03. The van der Waals surface area contributed by atoms with Crippen LogP contribution < -0.4 is 10.7 Å². The zero-order valence-electron chi connectivity index (χ0n) is 13.5. The molecule has 3 rings (SSSR count). The van der Waals surface area contributed by atoms with E-state index in [0.717, 1.165) is 23.1 Å². The van der Waals surface area contributed by atoms with E-state index in [-0.39, 0.29) is 5.69 Å². The number of aromatic nitrogens is 1. The van der Waals surface area contributed by atoms with Gasteiger partial charge < -0.3 is 5.32 Å². The van der Waals surface area contributed by atoms with Gasteiger partial charge in [-0.3, -0.25) is 15.5 Å². The molecule has 0 spiro atoms. The lowest BCUT2D eigenvalue weighted by atomic mass is 10.00. The molecule has 1 aromatic carbocycles. The number of non-ortho nitro benzene ring substituents is 1. The molecule has 2 unspecified atom stereocenters. The number of nitrogens with one attached hydrogen (secondary N) is 2. The van der Waals surface area contributed by atoms with Crippen molar-refractivity contribution < 1.29 is 4.92 Å². The molecule has 1 fully saturated rings. The molecule has 1 aromatic heterocycles. The number of thiazole rings is 1. The first-order valence-electron chi connectivity index (χ1n) is 7.85. The van der Waals surface area contributed by atoms with Gasteiger partial charge in [0.2, 0.25) is 0 Å². The van der Waals surface area contributed by atoms with Crippen LogP contribution in [0, 0.1) is 10.1 Å². The van der Waals surface area contributed by atoms with Gasteiger partial charge in [0, 0.05) is 24.2 Å². The lowest BCUT2D eigenvalue weighted by Crippen LogP contribution is -2.55. The number of anilines is 1. The van der Waals surface area contributed by atoms with E-state index >= 15 is 0 Å². The topological polar surface area (TPSA) is 83.3 Å². The van der Waals surface area contributed by atoms with Crippen molar-refractivity contribution in [1.82, 2.24) is 15.4 Å². The molecule has 24 heavy (non-hydrogen) atoms. The summed E-state index contributed by atoms with van der Waals surface area (Å²) < 4.78 is 0.759. The van der Waals surface area contributed by atoms with E-state index < -0.39 is 4.92 Å². The Labute approximate surface area is 149 Å². The number of thiocarbonyl (C=S) groups is 1. The Morgan fingerprint density at radius 2 is 2.12 bits per heavy atom. The zero-order chi connectivity index (χ0) is 17.3. The lowest BCUT2D eigenvalue weighted by Gasteiger charge is -2.39. The Morgan fingerprint density at radius 3 is 2.79 bits per heavy atom. The van der Waals surface area contributed by atoms with Crippen LogP contribution in [0.1, 0.15) is 33.1 Å². The number of benzene rings is 1. The lowest BCUT2D eigenvalue weighted by molar-refractivity contribution is -0.384. The van der Waals surface area contributed by atoms with E-state index in [9.17, 15) is 10.1 Å². The number of fused-ring (bicyclic) bond motifs is 1. The molecule has 0 bridgehead atoms. The van der Waals surface area contributed by atoms with Crippen LogP contribution in [-0.4, -0.2) is 32.1 Å². The van der Waals surface area contributed by atoms with Crippen molar-refractivity contribution in [3.05, 3.63) is 28.3 Å². The number of rotatable bonds is 3. The van der Waals surface area contributed by atoms with E-state index in [0.29, 0.717) is 22.3 Å². The summed E-state index contributed by atoms with van der Waals surface area (Å²) in [5, 5.41) is 17.2. The van der Waals surface area contributed by atoms with Gasteiger partial charge in [-0.25, -0.2) is 9.99 Å². The van der Waals surface area contributed by atoms with Crippen LogP contribution in [-0.2, 0) is 0 Å². The fourth-order valence-corrected chi connectivity index (χ4v) is 4.13. The minimum atomic E-state index is -0.405. The largest absolute Gasteiger partial charge is 0.308 e. The first kappa shape index (κ1) is 17.0. The summed E-state index contributed by atoms with van der Waals surface area (Å²) in [5.74, 6) is 0. The van der Waals surface area contributed by atoms with Crippen molar-refractivity contribution in [1.29, 1.82) is 0 Å². The van der Waals surface area contributed by atoms with Gasteiger partial charge in [-0.15, -0.1) is 0 Å². The number of hydrazine groups is 1. The number of hydrogen-bond acceptors (Lipinski definition) is 6. The summed E-state index contributed by atoms with van der Waals surface area (Å²) in [6.07, 6.45) is 3.52. The smallest absolute Gasteiger partial charge is 0.270 e. The van der Waals surface area contributed by atoms with E-state index in [1.807, 2.05) is 0 Å². The van der Waals surface area contributed by atoms with Gasteiger partial charge >= 0.3 is 0 Å². The Morgan fingerprint density at radius 1 is 1.42 bits per heavy atom. The molecule has 2 aromatic rings. The summed E-state index contributed by atoms with van der Waals surface area (Å²) in [6.45, 7) is 4.37. The Kier molecular flexibility index (Phi) is 4.93. The molecule has 2 N–H and O–H groups in total. The SMILES string of the molecule is CC1CCCC(C)N1NC(=S)Nc1nc2ccc([N+](=O)[O-])cc2s1. The molecule has 2 heterocycles. The van der Waals surface area contributed by atoms with Crippen molar-refractivity contribution in [2.24, 2.45) is 0 Å². The number of nitro groups is 1. The van der Waals surface area contributed by atoms with Crippen LogP contribution in [0.4, 0.5) is 10.8 Å².